The molecule has 0 saturated carbocycles. The molecule has 1 aromatic carbocycles. The average molecular weight is 340 g/mol. The van der Waals surface area contributed by atoms with Gasteiger partial charge in [-0.05, 0) is 19.1 Å². The highest BCUT2D eigenvalue weighted by Gasteiger charge is 2.06. The van der Waals surface area contributed by atoms with Gasteiger partial charge in [0.05, 0.1) is 4.90 Å². The van der Waals surface area contributed by atoms with Crippen LogP contribution in [0.1, 0.15) is 5.56 Å². The summed E-state index contributed by atoms with van der Waals surface area (Å²) < 4.78 is 30.8. The van der Waals surface area contributed by atoms with Crippen LogP contribution in [0.4, 0.5) is 0 Å². The van der Waals surface area contributed by atoms with Crippen molar-refractivity contribution in [2.75, 3.05) is 0 Å². The number of rotatable bonds is 2. The molecule has 0 aliphatic rings. The van der Waals surface area contributed by atoms with Crippen molar-refractivity contribution in [1.29, 1.82) is 0 Å². The molecule has 0 atom stereocenters. The second-order valence-corrected chi connectivity index (χ2v) is 5.55. The van der Waals surface area contributed by atoms with Gasteiger partial charge in [0.25, 0.3) is 10.1 Å². The van der Waals surface area contributed by atoms with E-state index in [2.05, 4.69) is 20.3 Å². The van der Waals surface area contributed by atoms with Gasteiger partial charge in [-0.25, -0.2) is 4.68 Å². The smallest absolute Gasteiger partial charge is 0.294 e. The van der Waals surface area contributed by atoms with E-state index in [-0.39, 0.29) is 16.8 Å². The van der Waals surface area contributed by atoms with Gasteiger partial charge in [0.2, 0.25) is 5.96 Å². The molecule has 12 heteroatoms. The van der Waals surface area contributed by atoms with Crippen molar-refractivity contribution in [2.45, 2.75) is 11.8 Å². The average Bonchev–Trinajstić information content (AvgIpc) is 2.90. The van der Waals surface area contributed by atoms with Gasteiger partial charge in [-0.15, -0.1) is 15.3 Å². The quantitative estimate of drug-likeness (QED) is 0.300. The number of nitrogens with zero attached hydrogens (tertiary/aromatic N) is 5. The Kier molecular flexibility index (Phi) is 6.17. The van der Waals surface area contributed by atoms with Gasteiger partial charge in [-0.2, -0.15) is 13.4 Å². The lowest BCUT2D eigenvalue weighted by atomic mass is 10.2. The highest BCUT2D eigenvalue weighted by atomic mass is 32.2. The monoisotopic (exact) mass is 340 g/mol. The lowest BCUT2D eigenvalue weighted by Crippen LogP contribution is -2.26. The molecule has 2 rings (SSSR count). The van der Waals surface area contributed by atoms with Gasteiger partial charge in [0.15, 0.2) is 5.96 Å². The lowest BCUT2D eigenvalue weighted by molar-refractivity contribution is 0.483. The highest BCUT2D eigenvalue weighted by Crippen LogP contribution is 2.08. The zero-order valence-electron chi connectivity index (χ0n) is 12.1. The van der Waals surface area contributed by atoms with E-state index in [1.54, 1.807) is 12.1 Å². The van der Waals surface area contributed by atoms with E-state index in [9.17, 15) is 8.42 Å². The molecular weight excluding hydrogens is 324 g/mol. The number of guanidine groups is 2. The van der Waals surface area contributed by atoms with Crippen molar-refractivity contribution in [2.24, 2.45) is 27.3 Å². The molecule has 0 amide bonds. The summed E-state index contributed by atoms with van der Waals surface area (Å²) >= 11 is 0. The SMILES string of the molecule is Cc1ccc(S(=O)(=O)O)cc1.NC(N)=N/C(N)=N\n1cnnc1. The zero-order chi connectivity index (χ0) is 17.5. The number of aromatic nitrogens is 3. The third-order valence-electron chi connectivity index (χ3n) is 2.19. The zero-order valence-corrected chi connectivity index (χ0v) is 12.9. The first-order chi connectivity index (χ1) is 10.7. The van der Waals surface area contributed by atoms with Gasteiger partial charge < -0.3 is 17.2 Å². The summed E-state index contributed by atoms with van der Waals surface area (Å²) in [5.74, 6) is -0.209. The second kappa shape index (κ2) is 7.86. The van der Waals surface area contributed by atoms with Crippen molar-refractivity contribution in [3.63, 3.8) is 0 Å². The second-order valence-electron chi connectivity index (χ2n) is 4.12. The number of aliphatic imine (C=N–C) groups is 1. The summed E-state index contributed by atoms with van der Waals surface area (Å²) in [7, 11) is -4.02. The lowest BCUT2D eigenvalue weighted by Gasteiger charge is -1.95. The summed E-state index contributed by atoms with van der Waals surface area (Å²) in [4.78, 5) is 3.41. The molecule has 0 fully saturated rings. The molecule has 0 radical (unpaired) electrons. The molecule has 23 heavy (non-hydrogen) atoms. The van der Waals surface area contributed by atoms with Crippen LogP contribution in [0.5, 0.6) is 0 Å². The molecule has 0 saturated heterocycles. The van der Waals surface area contributed by atoms with Crippen molar-refractivity contribution >= 4 is 22.0 Å². The number of aryl methyl sites for hydroxylation is 1. The van der Waals surface area contributed by atoms with Crippen molar-refractivity contribution in [1.82, 2.24) is 14.9 Å². The molecule has 0 aliphatic heterocycles. The van der Waals surface area contributed by atoms with Crippen LogP contribution in [0.3, 0.4) is 0 Å². The molecule has 0 bridgehead atoms. The number of hydrogen-bond acceptors (Lipinski definition) is 5. The maximum absolute atomic E-state index is 10.5. The molecule has 7 N–H and O–H groups in total. The summed E-state index contributed by atoms with van der Waals surface area (Å²) in [5, 5.41) is 10.7. The normalized spacial score (nSPS) is 11.3. The van der Waals surface area contributed by atoms with Gasteiger partial charge in [0, 0.05) is 0 Å². The van der Waals surface area contributed by atoms with Crippen molar-refractivity contribution in [3.8, 4) is 0 Å². The van der Waals surface area contributed by atoms with E-state index >= 15 is 0 Å². The molecule has 2 aromatic rings. The molecule has 124 valence electrons. The third kappa shape index (κ3) is 7.01. The number of hydrogen-bond donors (Lipinski definition) is 4. The first-order valence-corrected chi connectivity index (χ1v) is 7.45. The summed E-state index contributed by atoms with van der Waals surface area (Å²) in [5.41, 5.74) is 16.3. The molecule has 11 nitrogen and oxygen atoms in total. The van der Waals surface area contributed by atoms with E-state index in [1.165, 1.54) is 29.5 Å². The Balaban J connectivity index is 0.000000231. The van der Waals surface area contributed by atoms with Gasteiger partial charge in [-0.1, -0.05) is 17.7 Å². The van der Waals surface area contributed by atoms with Crippen LogP contribution in [0.15, 0.2) is 51.9 Å². The van der Waals surface area contributed by atoms with Crippen LogP contribution in [-0.2, 0) is 10.1 Å². The van der Waals surface area contributed by atoms with Gasteiger partial charge in [0.1, 0.15) is 12.7 Å². The Morgan fingerprint density at radius 1 is 1.13 bits per heavy atom. The third-order valence-corrected chi connectivity index (χ3v) is 3.05. The summed E-state index contributed by atoms with van der Waals surface area (Å²) in [6.45, 7) is 1.84. The van der Waals surface area contributed by atoms with Crippen LogP contribution in [-0.4, -0.2) is 39.8 Å². The van der Waals surface area contributed by atoms with Crippen LogP contribution in [0.2, 0.25) is 0 Å². The van der Waals surface area contributed by atoms with Crippen molar-refractivity contribution in [3.05, 3.63) is 42.5 Å². The summed E-state index contributed by atoms with van der Waals surface area (Å²) in [6, 6.07) is 5.99. The minimum atomic E-state index is -4.02. The predicted molar refractivity (Wildman–Crippen MR) is 83.8 cm³/mol. The van der Waals surface area contributed by atoms with Gasteiger partial charge >= 0.3 is 0 Å². The highest BCUT2D eigenvalue weighted by molar-refractivity contribution is 7.85. The minimum Gasteiger partial charge on any atom is -0.370 e. The van der Waals surface area contributed by atoms with E-state index < -0.39 is 10.1 Å². The van der Waals surface area contributed by atoms with Crippen molar-refractivity contribution < 1.29 is 13.0 Å². The molecular formula is C11H16N8O3S. The van der Waals surface area contributed by atoms with Gasteiger partial charge in [-0.3, -0.25) is 4.55 Å². The molecule has 0 aliphatic carbocycles. The minimum absolute atomic E-state index is 0.0604. The fourth-order valence-corrected chi connectivity index (χ4v) is 1.71. The van der Waals surface area contributed by atoms with Crippen LogP contribution in [0, 0.1) is 6.92 Å². The van der Waals surface area contributed by atoms with E-state index in [0.717, 1.165) is 5.56 Å². The van der Waals surface area contributed by atoms with E-state index in [1.807, 2.05) is 6.92 Å². The Labute approximate surface area is 132 Å². The topological polar surface area (TPSA) is 188 Å². The standard InChI is InChI=1S/C7H8O3S.C4H8N8/c1-6-2-4-7(5-3-6)11(8,9)10;5-3(6)10-4(7)11-12-1-8-9-2-12/h2-5H,1H3,(H,8,9,10);1-2H,(H6,5,6,7,10,11). The van der Waals surface area contributed by atoms with E-state index in [0.29, 0.717) is 0 Å². The van der Waals surface area contributed by atoms with Crippen LogP contribution >= 0.6 is 0 Å². The Bertz CT molecular complexity index is 777. The first-order valence-electron chi connectivity index (χ1n) is 6.01. The number of benzene rings is 1. The molecule has 0 unspecified atom stereocenters. The van der Waals surface area contributed by atoms with E-state index in [4.69, 9.17) is 21.8 Å². The summed E-state index contributed by atoms with van der Waals surface area (Å²) in [6.07, 6.45) is 2.71. The fraction of sp³-hybridized carbons (Fsp3) is 0.0909. The largest absolute Gasteiger partial charge is 0.370 e. The van der Waals surface area contributed by atoms with Crippen LogP contribution in [0.25, 0.3) is 0 Å². The maximum atomic E-state index is 10.5. The predicted octanol–water partition coefficient (Wildman–Crippen LogP) is -1.13. The van der Waals surface area contributed by atoms with Crippen LogP contribution < -0.4 is 17.2 Å². The fourth-order valence-electron chi connectivity index (χ4n) is 1.23. The first kappa shape index (κ1) is 18.1. The Morgan fingerprint density at radius 2 is 1.65 bits per heavy atom. The maximum Gasteiger partial charge on any atom is 0.294 e. The molecule has 1 aromatic heterocycles. The number of nitrogens with two attached hydrogens (primary N) is 3. The Morgan fingerprint density at radius 3 is 2.09 bits per heavy atom. The molecule has 1 heterocycles. The Hall–Kier alpha value is -2.99. The molecule has 0 spiro atoms.